The maximum Gasteiger partial charge on any atom is 0.233 e. The molecular weight excluding hydrogens is 341 g/mol. The number of hydrogen-bond donors (Lipinski definition) is 1. The van der Waals surface area contributed by atoms with Crippen LogP contribution in [0.15, 0.2) is 24.3 Å². The molecule has 1 aromatic heterocycles. The second-order valence-corrected chi connectivity index (χ2v) is 7.91. The van der Waals surface area contributed by atoms with Gasteiger partial charge in [-0.15, -0.1) is 0 Å². The number of sulfonamides is 1. The number of nitrogen functional groups attached to an aromatic ring is 1. The molecule has 23 heavy (non-hydrogen) atoms. The van der Waals surface area contributed by atoms with Crippen LogP contribution in [0.25, 0.3) is 0 Å². The van der Waals surface area contributed by atoms with Crippen LogP contribution in [0.1, 0.15) is 5.56 Å². The molecule has 2 aromatic rings. The van der Waals surface area contributed by atoms with Crippen molar-refractivity contribution in [3.05, 3.63) is 35.6 Å². The summed E-state index contributed by atoms with van der Waals surface area (Å²) >= 11 is 1.20. The van der Waals surface area contributed by atoms with E-state index in [1.165, 1.54) is 34.0 Å². The molecule has 2 N–H and O–H groups in total. The Morgan fingerprint density at radius 1 is 1.26 bits per heavy atom. The Balaban J connectivity index is 1.64. The number of nitrogens with two attached hydrogens (primary N) is 1. The molecule has 1 fully saturated rings. The monoisotopic (exact) mass is 357 g/mol. The highest BCUT2D eigenvalue weighted by molar-refractivity contribution is 7.88. The molecule has 0 aliphatic carbocycles. The normalized spacial score (nSPS) is 16.7. The van der Waals surface area contributed by atoms with Crippen LogP contribution in [0.3, 0.4) is 0 Å². The Labute approximate surface area is 137 Å². The maximum absolute atomic E-state index is 13.2. The molecule has 124 valence electrons. The maximum atomic E-state index is 13.2. The van der Waals surface area contributed by atoms with E-state index in [9.17, 15) is 12.8 Å². The molecule has 0 saturated carbocycles. The molecular formula is C13H16FN5O2S2. The summed E-state index contributed by atoms with van der Waals surface area (Å²) in [6.07, 6.45) is 0. The topological polar surface area (TPSA) is 92.4 Å². The Bertz CT molecular complexity index is 787. The van der Waals surface area contributed by atoms with Crippen molar-refractivity contribution in [3.8, 4) is 0 Å². The minimum atomic E-state index is -3.47. The minimum Gasteiger partial charge on any atom is -0.367 e. The van der Waals surface area contributed by atoms with Crippen molar-refractivity contribution in [2.75, 3.05) is 36.8 Å². The quantitative estimate of drug-likeness (QED) is 0.874. The van der Waals surface area contributed by atoms with Crippen LogP contribution in [0.4, 0.5) is 15.5 Å². The molecule has 1 aliphatic rings. The van der Waals surface area contributed by atoms with Gasteiger partial charge in [0.15, 0.2) is 0 Å². The number of aromatic nitrogens is 2. The van der Waals surface area contributed by atoms with Gasteiger partial charge < -0.3 is 10.6 Å². The van der Waals surface area contributed by atoms with Crippen molar-refractivity contribution in [3.63, 3.8) is 0 Å². The van der Waals surface area contributed by atoms with Crippen LogP contribution < -0.4 is 10.6 Å². The molecule has 0 amide bonds. The van der Waals surface area contributed by atoms with Gasteiger partial charge in [-0.3, -0.25) is 0 Å². The lowest BCUT2D eigenvalue weighted by Gasteiger charge is -2.33. The molecule has 0 spiro atoms. The van der Waals surface area contributed by atoms with E-state index in [0.717, 1.165) is 0 Å². The van der Waals surface area contributed by atoms with E-state index in [4.69, 9.17) is 5.73 Å². The van der Waals surface area contributed by atoms with Gasteiger partial charge in [-0.25, -0.2) is 12.8 Å². The zero-order chi connectivity index (χ0) is 16.4. The number of anilines is 2. The van der Waals surface area contributed by atoms with E-state index in [-0.39, 0.29) is 11.7 Å². The summed E-state index contributed by atoms with van der Waals surface area (Å²) in [5.41, 5.74) is 5.95. The first-order chi connectivity index (χ1) is 10.9. The van der Waals surface area contributed by atoms with E-state index >= 15 is 0 Å². The van der Waals surface area contributed by atoms with Gasteiger partial charge in [0.2, 0.25) is 21.1 Å². The van der Waals surface area contributed by atoms with Gasteiger partial charge in [-0.1, -0.05) is 12.1 Å². The van der Waals surface area contributed by atoms with Crippen LogP contribution >= 0.6 is 11.5 Å². The first-order valence-electron chi connectivity index (χ1n) is 7.00. The lowest BCUT2D eigenvalue weighted by atomic mass is 10.2. The third kappa shape index (κ3) is 3.77. The van der Waals surface area contributed by atoms with Crippen LogP contribution in [0.2, 0.25) is 0 Å². The average Bonchev–Trinajstić information content (AvgIpc) is 2.93. The first kappa shape index (κ1) is 16.1. The highest BCUT2D eigenvalue weighted by Gasteiger charge is 2.28. The van der Waals surface area contributed by atoms with Crippen molar-refractivity contribution < 1.29 is 12.8 Å². The van der Waals surface area contributed by atoms with Crippen LogP contribution in [0, 0.1) is 5.82 Å². The zero-order valence-corrected chi connectivity index (χ0v) is 13.9. The van der Waals surface area contributed by atoms with Gasteiger partial charge in [0, 0.05) is 37.7 Å². The fraction of sp³-hybridized carbons (Fsp3) is 0.385. The molecule has 1 aliphatic heterocycles. The van der Waals surface area contributed by atoms with E-state index in [1.807, 2.05) is 4.90 Å². The minimum absolute atomic E-state index is 0.198. The third-order valence-electron chi connectivity index (χ3n) is 3.57. The second kappa shape index (κ2) is 6.38. The van der Waals surface area contributed by atoms with Gasteiger partial charge in [-0.2, -0.15) is 13.7 Å². The third-order valence-corrected chi connectivity index (χ3v) is 6.21. The van der Waals surface area contributed by atoms with Gasteiger partial charge >= 0.3 is 0 Å². The molecule has 0 bridgehead atoms. The Kier molecular flexibility index (Phi) is 4.46. The van der Waals surface area contributed by atoms with Gasteiger partial charge in [0.1, 0.15) is 5.82 Å². The standard InChI is InChI=1S/C13H16FN5O2S2/c14-11-3-1-2-10(8-11)9-23(20,21)19-6-4-18(5-7-19)13-16-12(15)17-22-13/h1-3,8H,4-7,9H2,(H2,15,17). The van der Waals surface area contributed by atoms with Gasteiger partial charge in [0.25, 0.3) is 0 Å². The molecule has 0 radical (unpaired) electrons. The molecule has 1 saturated heterocycles. The summed E-state index contributed by atoms with van der Waals surface area (Å²) in [4.78, 5) is 6.06. The van der Waals surface area contributed by atoms with Crippen LogP contribution in [-0.2, 0) is 15.8 Å². The van der Waals surface area contributed by atoms with E-state index in [2.05, 4.69) is 9.36 Å². The van der Waals surface area contributed by atoms with E-state index in [1.54, 1.807) is 6.07 Å². The molecule has 3 rings (SSSR count). The number of rotatable bonds is 4. The van der Waals surface area contributed by atoms with Crippen molar-refractivity contribution in [1.82, 2.24) is 13.7 Å². The largest absolute Gasteiger partial charge is 0.367 e. The summed E-state index contributed by atoms with van der Waals surface area (Å²) in [5.74, 6) is -0.404. The summed E-state index contributed by atoms with van der Waals surface area (Å²) in [7, 11) is -3.47. The number of nitrogens with zero attached hydrogens (tertiary/aromatic N) is 4. The van der Waals surface area contributed by atoms with Crippen LogP contribution in [-0.4, -0.2) is 48.3 Å². The summed E-state index contributed by atoms with van der Waals surface area (Å²) in [6.45, 7) is 1.77. The number of benzene rings is 1. The summed E-state index contributed by atoms with van der Waals surface area (Å²) in [6, 6.07) is 5.67. The molecule has 10 heteroatoms. The first-order valence-corrected chi connectivity index (χ1v) is 9.39. The fourth-order valence-corrected chi connectivity index (χ4v) is 4.59. The van der Waals surface area contributed by atoms with Crippen molar-refractivity contribution in [1.29, 1.82) is 0 Å². The van der Waals surface area contributed by atoms with Gasteiger partial charge in [-0.05, 0) is 17.7 Å². The van der Waals surface area contributed by atoms with Crippen LogP contribution in [0.5, 0.6) is 0 Å². The molecule has 7 nitrogen and oxygen atoms in total. The van der Waals surface area contributed by atoms with Crippen molar-refractivity contribution in [2.24, 2.45) is 0 Å². The SMILES string of the molecule is Nc1nsc(N2CCN(S(=O)(=O)Cc3cccc(F)c3)CC2)n1. The van der Waals surface area contributed by atoms with Crippen molar-refractivity contribution in [2.45, 2.75) is 5.75 Å². The second-order valence-electron chi connectivity index (χ2n) is 5.21. The van der Waals surface area contributed by atoms with E-state index < -0.39 is 15.8 Å². The fourth-order valence-electron chi connectivity index (χ4n) is 2.44. The predicted octanol–water partition coefficient (Wildman–Crippen LogP) is 0.911. The van der Waals surface area contributed by atoms with Crippen molar-refractivity contribution >= 4 is 32.6 Å². The number of halogens is 1. The molecule has 0 atom stereocenters. The predicted molar refractivity (Wildman–Crippen MR) is 87.1 cm³/mol. The highest BCUT2D eigenvalue weighted by atomic mass is 32.2. The molecule has 0 unspecified atom stereocenters. The molecule has 2 heterocycles. The highest BCUT2D eigenvalue weighted by Crippen LogP contribution is 2.21. The number of piperazine rings is 1. The van der Waals surface area contributed by atoms with E-state index in [0.29, 0.717) is 36.9 Å². The summed E-state index contributed by atoms with van der Waals surface area (Å²) < 4.78 is 43.4. The Morgan fingerprint density at radius 2 is 2.00 bits per heavy atom. The Morgan fingerprint density at radius 3 is 2.61 bits per heavy atom. The Hall–Kier alpha value is -1.78. The lowest BCUT2D eigenvalue weighted by Crippen LogP contribution is -2.49. The molecule has 1 aromatic carbocycles. The average molecular weight is 357 g/mol. The number of hydrogen-bond acceptors (Lipinski definition) is 7. The van der Waals surface area contributed by atoms with Gasteiger partial charge in [0.05, 0.1) is 5.75 Å². The summed E-state index contributed by atoms with van der Waals surface area (Å²) in [5, 5.41) is 0.699. The smallest absolute Gasteiger partial charge is 0.233 e. The lowest BCUT2D eigenvalue weighted by molar-refractivity contribution is 0.384. The zero-order valence-electron chi connectivity index (χ0n) is 12.2.